The molecular weight excluding hydrogens is 559 g/mol. The SMILES string of the molecule is CCNC(=O)C(Cc1ccccc1)N(Cc1ccc(Cl)cc1Cl)C(=O)CN(c1ccccc1)S(=O)(=O)N(C)C. The monoisotopic (exact) mass is 590 g/mol. The quantitative estimate of drug-likeness (QED) is 0.339. The Kier molecular flexibility index (Phi) is 10.8. The van der Waals surface area contributed by atoms with Crippen molar-refractivity contribution < 1.29 is 18.0 Å². The highest BCUT2D eigenvalue weighted by Gasteiger charge is 2.34. The zero-order valence-corrected chi connectivity index (χ0v) is 24.4. The standard InChI is InChI=1S/C28H32Cl2N4O4S/c1-4-31-28(36)26(17-21-11-7-5-8-12-21)33(19-22-15-16-23(29)18-25(22)30)27(35)20-34(39(37,38)32(2)3)24-13-9-6-10-14-24/h5-16,18,26H,4,17,19-20H2,1-3H3,(H,31,36). The molecule has 3 rings (SSSR count). The molecule has 1 atom stereocenters. The number of halogens is 2. The summed E-state index contributed by atoms with van der Waals surface area (Å²) in [5, 5.41) is 3.58. The van der Waals surface area contributed by atoms with Crippen LogP contribution >= 0.6 is 23.2 Å². The summed E-state index contributed by atoms with van der Waals surface area (Å²) in [6.45, 7) is 1.59. The number of rotatable bonds is 12. The Labute approximate surface area is 240 Å². The van der Waals surface area contributed by atoms with Crippen LogP contribution in [-0.4, -0.2) is 62.7 Å². The molecule has 3 aromatic rings. The first-order valence-corrected chi connectivity index (χ1v) is 14.5. The minimum atomic E-state index is -4.05. The van der Waals surface area contributed by atoms with Crippen LogP contribution in [0.15, 0.2) is 78.9 Å². The van der Waals surface area contributed by atoms with E-state index in [4.69, 9.17) is 23.2 Å². The van der Waals surface area contributed by atoms with E-state index in [-0.39, 0.29) is 18.9 Å². The summed E-state index contributed by atoms with van der Waals surface area (Å²) >= 11 is 12.6. The van der Waals surface area contributed by atoms with E-state index in [9.17, 15) is 18.0 Å². The van der Waals surface area contributed by atoms with Gasteiger partial charge in [-0.15, -0.1) is 0 Å². The predicted octanol–water partition coefficient (Wildman–Crippen LogP) is 4.38. The Hall–Kier alpha value is -3.11. The summed E-state index contributed by atoms with van der Waals surface area (Å²) in [5.41, 5.74) is 1.73. The second kappa shape index (κ2) is 13.8. The molecule has 0 radical (unpaired) electrons. The normalized spacial score (nSPS) is 12.2. The molecule has 0 bridgehead atoms. The lowest BCUT2D eigenvalue weighted by Gasteiger charge is -2.34. The summed E-state index contributed by atoms with van der Waals surface area (Å²) in [7, 11) is -1.25. The van der Waals surface area contributed by atoms with Crippen molar-refractivity contribution in [2.24, 2.45) is 0 Å². The summed E-state index contributed by atoms with van der Waals surface area (Å²) in [5.74, 6) is -0.927. The lowest BCUT2D eigenvalue weighted by Crippen LogP contribution is -2.54. The lowest BCUT2D eigenvalue weighted by atomic mass is 10.0. The number of hydrogen-bond acceptors (Lipinski definition) is 4. The van der Waals surface area contributed by atoms with Crippen molar-refractivity contribution in [3.05, 3.63) is 100 Å². The molecule has 0 heterocycles. The number of carbonyl (C=O) groups is 2. The number of para-hydroxylation sites is 1. The van der Waals surface area contributed by atoms with E-state index >= 15 is 0 Å². The van der Waals surface area contributed by atoms with Crippen LogP contribution in [0.1, 0.15) is 18.1 Å². The first-order chi connectivity index (χ1) is 18.5. The summed E-state index contributed by atoms with van der Waals surface area (Å²) in [6.07, 6.45) is 0.218. The lowest BCUT2D eigenvalue weighted by molar-refractivity contribution is -0.140. The van der Waals surface area contributed by atoms with Crippen molar-refractivity contribution >= 4 is 50.9 Å². The highest BCUT2D eigenvalue weighted by molar-refractivity contribution is 7.90. The third-order valence-corrected chi connectivity index (χ3v) is 8.45. The molecule has 0 saturated heterocycles. The van der Waals surface area contributed by atoms with Crippen LogP contribution in [0, 0.1) is 0 Å². The van der Waals surface area contributed by atoms with Crippen LogP contribution in [0.25, 0.3) is 0 Å². The number of carbonyl (C=O) groups excluding carboxylic acids is 2. The molecule has 3 aromatic carbocycles. The van der Waals surface area contributed by atoms with E-state index in [1.54, 1.807) is 55.5 Å². The molecule has 0 saturated carbocycles. The second-order valence-corrected chi connectivity index (χ2v) is 11.9. The van der Waals surface area contributed by atoms with Crippen LogP contribution in [-0.2, 0) is 32.8 Å². The van der Waals surface area contributed by atoms with Crippen LogP contribution in [0.2, 0.25) is 10.0 Å². The van der Waals surface area contributed by atoms with E-state index in [0.717, 1.165) is 14.2 Å². The highest BCUT2D eigenvalue weighted by atomic mass is 35.5. The van der Waals surface area contributed by atoms with Gasteiger partial charge in [0.15, 0.2) is 0 Å². The Morgan fingerprint density at radius 3 is 2.10 bits per heavy atom. The number of likely N-dealkylation sites (N-methyl/N-ethyl adjacent to an activating group) is 1. The van der Waals surface area contributed by atoms with E-state index in [1.165, 1.54) is 19.0 Å². The van der Waals surface area contributed by atoms with Crippen molar-refractivity contribution in [3.8, 4) is 0 Å². The van der Waals surface area contributed by atoms with E-state index in [0.29, 0.717) is 27.8 Å². The van der Waals surface area contributed by atoms with E-state index < -0.39 is 28.7 Å². The zero-order chi connectivity index (χ0) is 28.6. The van der Waals surface area contributed by atoms with Crippen LogP contribution in [0.5, 0.6) is 0 Å². The number of nitrogens with one attached hydrogen (secondary N) is 1. The van der Waals surface area contributed by atoms with Gasteiger partial charge in [-0.05, 0) is 42.3 Å². The van der Waals surface area contributed by atoms with Gasteiger partial charge in [0, 0.05) is 43.7 Å². The fourth-order valence-electron chi connectivity index (χ4n) is 3.99. The molecule has 208 valence electrons. The van der Waals surface area contributed by atoms with E-state index in [1.807, 2.05) is 30.3 Å². The van der Waals surface area contributed by atoms with Crippen molar-refractivity contribution in [3.63, 3.8) is 0 Å². The van der Waals surface area contributed by atoms with E-state index in [2.05, 4.69) is 5.32 Å². The summed E-state index contributed by atoms with van der Waals surface area (Å²) < 4.78 is 28.7. The smallest absolute Gasteiger partial charge is 0.304 e. The third-order valence-electron chi connectivity index (χ3n) is 6.04. The third kappa shape index (κ3) is 7.95. The van der Waals surface area contributed by atoms with Crippen LogP contribution < -0.4 is 9.62 Å². The fraction of sp³-hybridized carbons (Fsp3) is 0.286. The van der Waals surface area contributed by atoms with Gasteiger partial charge in [-0.2, -0.15) is 12.7 Å². The number of amides is 2. The number of benzene rings is 3. The Morgan fingerprint density at radius 1 is 0.923 bits per heavy atom. The molecule has 0 aliphatic rings. The van der Waals surface area contributed by atoms with Gasteiger partial charge < -0.3 is 10.2 Å². The average molecular weight is 592 g/mol. The number of anilines is 1. The highest BCUT2D eigenvalue weighted by Crippen LogP contribution is 2.25. The Bertz CT molecular complexity index is 1370. The van der Waals surface area contributed by atoms with Crippen LogP contribution in [0.3, 0.4) is 0 Å². The fourth-order valence-corrected chi connectivity index (χ4v) is 5.51. The van der Waals surface area contributed by atoms with Gasteiger partial charge in [0.2, 0.25) is 11.8 Å². The largest absolute Gasteiger partial charge is 0.355 e. The maximum atomic E-state index is 14.1. The molecule has 0 aliphatic carbocycles. The molecule has 1 unspecified atom stereocenters. The van der Waals surface area contributed by atoms with Crippen molar-refractivity contribution in [2.45, 2.75) is 25.9 Å². The van der Waals surface area contributed by atoms with Gasteiger partial charge in [0.25, 0.3) is 0 Å². The zero-order valence-electron chi connectivity index (χ0n) is 22.1. The van der Waals surface area contributed by atoms with Gasteiger partial charge in [0.05, 0.1) is 5.69 Å². The molecule has 1 N–H and O–H groups in total. The molecule has 2 amide bonds. The molecule has 39 heavy (non-hydrogen) atoms. The number of nitrogens with zero attached hydrogens (tertiary/aromatic N) is 3. The van der Waals surface area contributed by atoms with Crippen LogP contribution in [0.4, 0.5) is 5.69 Å². The molecule has 0 aromatic heterocycles. The summed E-state index contributed by atoms with van der Waals surface area (Å²) in [6, 6.07) is 21.6. The van der Waals surface area contributed by atoms with Gasteiger partial charge >= 0.3 is 10.2 Å². The van der Waals surface area contributed by atoms with Gasteiger partial charge in [-0.3, -0.25) is 9.59 Å². The minimum Gasteiger partial charge on any atom is -0.355 e. The molecule has 0 aliphatic heterocycles. The number of hydrogen-bond donors (Lipinski definition) is 1. The molecule has 11 heteroatoms. The van der Waals surface area contributed by atoms with Gasteiger partial charge in [-0.25, -0.2) is 4.31 Å². The van der Waals surface area contributed by atoms with Crippen molar-refractivity contribution in [1.82, 2.24) is 14.5 Å². The Balaban J connectivity index is 2.09. The summed E-state index contributed by atoms with van der Waals surface area (Å²) in [4.78, 5) is 28.8. The van der Waals surface area contributed by atoms with Crippen molar-refractivity contribution in [1.29, 1.82) is 0 Å². The molecule has 0 fully saturated rings. The topological polar surface area (TPSA) is 90.0 Å². The maximum Gasteiger partial charge on any atom is 0.304 e. The van der Waals surface area contributed by atoms with Gasteiger partial charge in [0.1, 0.15) is 12.6 Å². The first-order valence-electron chi connectivity index (χ1n) is 12.3. The molecule has 0 spiro atoms. The maximum absolute atomic E-state index is 14.1. The predicted molar refractivity (Wildman–Crippen MR) is 156 cm³/mol. The first kappa shape index (κ1) is 30.4. The average Bonchev–Trinajstić information content (AvgIpc) is 2.91. The molecule has 8 nitrogen and oxygen atoms in total. The minimum absolute atomic E-state index is 0.0336. The van der Waals surface area contributed by atoms with Gasteiger partial charge in [-0.1, -0.05) is 77.8 Å². The van der Waals surface area contributed by atoms with Crippen molar-refractivity contribution in [2.75, 3.05) is 31.5 Å². The second-order valence-electron chi connectivity index (χ2n) is 8.99. The molecular formula is C28H32Cl2N4O4S. The Morgan fingerprint density at radius 2 is 1.54 bits per heavy atom.